The summed E-state index contributed by atoms with van der Waals surface area (Å²) < 4.78 is 30.2. The van der Waals surface area contributed by atoms with E-state index in [4.69, 9.17) is 4.74 Å². The maximum Gasteiger partial charge on any atom is 0.293 e. The third-order valence-corrected chi connectivity index (χ3v) is 6.06. The van der Waals surface area contributed by atoms with Crippen molar-refractivity contribution in [3.05, 3.63) is 62.6 Å². The first kappa shape index (κ1) is 18.8. The van der Waals surface area contributed by atoms with Gasteiger partial charge >= 0.3 is 0 Å². The van der Waals surface area contributed by atoms with E-state index in [2.05, 4.69) is 15.9 Å². The molecule has 0 saturated carbocycles. The van der Waals surface area contributed by atoms with Crippen LogP contribution in [0.5, 0.6) is 0 Å². The molecule has 0 bridgehead atoms. The van der Waals surface area contributed by atoms with E-state index in [9.17, 15) is 18.5 Å². The van der Waals surface area contributed by atoms with Crippen molar-refractivity contribution in [3.63, 3.8) is 0 Å². The number of nitrogens with zero attached hydrogens (tertiary/aromatic N) is 2. The molecule has 0 aromatic heterocycles. The Hall–Kier alpha value is -1.97. The van der Waals surface area contributed by atoms with Gasteiger partial charge in [-0.25, -0.2) is 8.42 Å². The highest BCUT2D eigenvalue weighted by Crippen LogP contribution is 2.35. The van der Waals surface area contributed by atoms with Crippen LogP contribution >= 0.6 is 15.9 Å². The maximum absolute atomic E-state index is 11.7. The lowest BCUT2D eigenvalue weighted by Crippen LogP contribution is -2.38. The molecule has 1 unspecified atom stereocenters. The average Bonchev–Trinajstić information content (AvgIpc) is 2.61. The summed E-state index contributed by atoms with van der Waals surface area (Å²) >= 11 is 3.50. The summed E-state index contributed by atoms with van der Waals surface area (Å²) in [6, 6.07) is 11.7. The Morgan fingerprint density at radius 3 is 2.65 bits per heavy atom. The van der Waals surface area contributed by atoms with Crippen molar-refractivity contribution in [2.24, 2.45) is 0 Å². The largest absolute Gasteiger partial charge is 0.370 e. The number of ether oxygens (including phenoxy) is 1. The number of halogens is 1. The summed E-state index contributed by atoms with van der Waals surface area (Å²) in [4.78, 5) is 12.7. The van der Waals surface area contributed by atoms with Crippen LogP contribution in [0.25, 0.3) is 0 Å². The minimum absolute atomic E-state index is 0.0661. The Balaban J connectivity index is 1.96. The fraction of sp³-hybridized carbons (Fsp3) is 0.294. The molecule has 1 saturated heterocycles. The first-order valence-electron chi connectivity index (χ1n) is 7.87. The standard InChI is InChI=1S/C17H17BrN2O5S/c1-26(23,24)12-6-7-15(16(10-12)20(21)22)19-8-9-25-17(11-19)13-4-2-3-5-14(13)18/h2-7,10,17H,8-9,11H2,1H3. The predicted octanol–water partition coefficient (Wildman–Crippen LogP) is 3.34. The highest BCUT2D eigenvalue weighted by atomic mass is 79.9. The number of sulfone groups is 1. The number of rotatable bonds is 4. The van der Waals surface area contributed by atoms with Gasteiger partial charge in [-0.2, -0.15) is 0 Å². The second-order valence-electron chi connectivity index (χ2n) is 6.01. The SMILES string of the molecule is CS(=O)(=O)c1ccc(N2CCOC(c3ccccc3Br)C2)c([N+](=O)[O-])c1. The predicted molar refractivity (Wildman–Crippen MR) is 101 cm³/mol. The average molecular weight is 441 g/mol. The molecule has 0 amide bonds. The van der Waals surface area contributed by atoms with Crippen molar-refractivity contribution in [3.8, 4) is 0 Å². The molecular weight excluding hydrogens is 424 g/mol. The number of benzene rings is 2. The van der Waals surface area contributed by atoms with Gasteiger partial charge in [0.25, 0.3) is 5.69 Å². The van der Waals surface area contributed by atoms with Crippen LogP contribution in [0, 0.1) is 10.1 Å². The van der Waals surface area contributed by atoms with Gasteiger partial charge in [-0.3, -0.25) is 10.1 Å². The van der Waals surface area contributed by atoms with E-state index in [0.717, 1.165) is 22.4 Å². The van der Waals surface area contributed by atoms with E-state index in [1.165, 1.54) is 12.1 Å². The molecule has 26 heavy (non-hydrogen) atoms. The second kappa shape index (κ2) is 7.34. The highest BCUT2D eigenvalue weighted by molar-refractivity contribution is 9.10. The van der Waals surface area contributed by atoms with Gasteiger partial charge in [0.05, 0.1) is 16.4 Å². The number of hydrogen-bond donors (Lipinski definition) is 0. The zero-order chi connectivity index (χ0) is 18.9. The molecule has 2 aromatic carbocycles. The number of hydrogen-bond acceptors (Lipinski definition) is 6. The Labute approximate surface area is 159 Å². The number of morpholine rings is 1. The van der Waals surface area contributed by atoms with Crippen molar-refractivity contribution in [2.45, 2.75) is 11.0 Å². The lowest BCUT2D eigenvalue weighted by molar-refractivity contribution is -0.384. The summed E-state index contributed by atoms with van der Waals surface area (Å²) in [5, 5.41) is 11.5. The lowest BCUT2D eigenvalue weighted by Gasteiger charge is -2.34. The molecule has 7 nitrogen and oxygen atoms in total. The number of anilines is 1. The Bertz CT molecular complexity index is 948. The second-order valence-corrected chi connectivity index (χ2v) is 8.88. The molecule has 1 heterocycles. The van der Waals surface area contributed by atoms with Crippen LogP contribution in [-0.2, 0) is 14.6 Å². The molecule has 0 spiro atoms. The highest BCUT2D eigenvalue weighted by Gasteiger charge is 2.28. The third kappa shape index (κ3) is 3.89. The van der Waals surface area contributed by atoms with E-state index in [1.54, 1.807) is 0 Å². The third-order valence-electron chi connectivity index (χ3n) is 4.23. The van der Waals surface area contributed by atoms with Crippen molar-refractivity contribution in [1.82, 2.24) is 0 Å². The minimum atomic E-state index is -3.52. The van der Waals surface area contributed by atoms with Crippen molar-refractivity contribution < 1.29 is 18.1 Å². The number of nitro benzene ring substituents is 1. The monoisotopic (exact) mass is 440 g/mol. The van der Waals surface area contributed by atoms with E-state index < -0.39 is 14.8 Å². The van der Waals surface area contributed by atoms with Crippen molar-refractivity contribution >= 4 is 37.1 Å². The summed E-state index contributed by atoms with van der Waals surface area (Å²) in [5.74, 6) is 0. The van der Waals surface area contributed by atoms with E-state index >= 15 is 0 Å². The molecule has 1 fully saturated rings. The van der Waals surface area contributed by atoms with E-state index in [1.807, 2.05) is 29.2 Å². The first-order valence-corrected chi connectivity index (χ1v) is 10.6. The van der Waals surface area contributed by atoms with Gasteiger partial charge in [-0.1, -0.05) is 34.1 Å². The van der Waals surface area contributed by atoms with Crippen LogP contribution < -0.4 is 4.90 Å². The van der Waals surface area contributed by atoms with Gasteiger partial charge < -0.3 is 9.64 Å². The minimum Gasteiger partial charge on any atom is -0.370 e. The number of nitro groups is 1. The molecule has 1 aliphatic rings. The summed E-state index contributed by atoms with van der Waals surface area (Å²) in [6.45, 7) is 1.33. The van der Waals surface area contributed by atoms with Crippen LogP contribution in [0.1, 0.15) is 11.7 Å². The molecule has 9 heteroatoms. The quantitative estimate of drug-likeness (QED) is 0.534. The Kier molecular flexibility index (Phi) is 5.31. The molecule has 3 rings (SSSR count). The molecular formula is C17H17BrN2O5S. The summed E-state index contributed by atoms with van der Waals surface area (Å²) in [7, 11) is -3.52. The zero-order valence-corrected chi connectivity index (χ0v) is 16.4. The molecule has 1 aliphatic heterocycles. The van der Waals surface area contributed by atoms with Gasteiger partial charge in [0.1, 0.15) is 11.8 Å². The Morgan fingerprint density at radius 1 is 1.27 bits per heavy atom. The van der Waals surface area contributed by atoms with E-state index in [0.29, 0.717) is 25.4 Å². The first-order chi connectivity index (χ1) is 12.3. The van der Waals surface area contributed by atoms with Crippen molar-refractivity contribution in [1.29, 1.82) is 0 Å². The topological polar surface area (TPSA) is 89.8 Å². The van der Waals surface area contributed by atoms with Crippen LogP contribution in [0.3, 0.4) is 0 Å². The smallest absolute Gasteiger partial charge is 0.293 e. The van der Waals surface area contributed by atoms with Crippen LogP contribution in [0.15, 0.2) is 51.8 Å². The van der Waals surface area contributed by atoms with Gasteiger partial charge in [-0.15, -0.1) is 0 Å². The molecule has 0 radical (unpaired) electrons. The molecule has 0 aliphatic carbocycles. The van der Waals surface area contributed by atoms with Gasteiger partial charge in [-0.05, 0) is 23.8 Å². The summed E-state index contributed by atoms with van der Waals surface area (Å²) in [5.41, 5.74) is 1.14. The van der Waals surface area contributed by atoms with Crippen LogP contribution in [0.4, 0.5) is 11.4 Å². The van der Waals surface area contributed by atoms with Gasteiger partial charge in [0.2, 0.25) is 0 Å². The molecule has 138 valence electrons. The zero-order valence-electron chi connectivity index (χ0n) is 14.0. The Morgan fingerprint density at radius 2 is 2.00 bits per heavy atom. The summed E-state index contributed by atoms with van der Waals surface area (Å²) in [6.07, 6.45) is 0.789. The van der Waals surface area contributed by atoms with Crippen LogP contribution in [-0.4, -0.2) is 39.3 Å². The fourth-order valence-corrected chi connectivity index (χ4v) is 4.12. The molecule has 2 aromatic rings. The molecule has 1 atom stereocenters. The lowest BCUT2D eigenvalue weighted by atomic mass is 10.1. The van der Waals surface area contributed by atoms with Gasteiger partial charge in [0.15, 0.2) is 9.84 Å². The maximum atomic E-state index is 11.7. The van der Waals surface area contributed by atoms with Crippen LogP contribution in [0.2, 0.25) is 0 Å². The fourth-order valence-electron chi connectivity index (χ4n) is 2.94. The van der Waals surface area contributed by atoms with E-state index in [-0.39, 0.29) is 16.7 Å². The molecule has 0 N–H and O–H groups in total. The van der Waals surface area contributed by atoms with Crippen molar-refractivity contribution in [2.75, 3.05) is 30.9 Å². The van der Waals surface area contributed by atoms with Gasteiger partial charge in [0, 0.05) is 29.9 Å². The normalized spacial score (nSPS) is 17.9.